The van der Waals surface area contributed by atoms with Crippen molar-refractivity contribution in [2.75, 3.05) is 5.75 Å². The van der Waals surface area contributed by atoms with E-state index in [0.29, 0.717) is 23.2 Å². The number of aryl methyl sites for hydroxylation is 2. The van der Waals surface area contributed by atoms with E-state index < -0.39 is 0 Å². The number of hydrogen-bond donors (Lipinski definition) is 0. The van der Waals surface area contributed by atoms with Crippen molar-refractivity contribution in [3.63, 3.8) is 0 Å². The fraction of sp³-hybridized carbons (Fsp3) is 0.667. The number of aromatic nitrogens is 2. The monoisotopic (exact) mass is 240 g/mol. The third kappa shape index (κ3) is 4.39. The molecule has 0 fully saturated rings. The van der Waals surface area contributed by atoms with Crippen LogP contribution < -0.4 is 0 Å². The summed E-state index contributed by atoms with van der Waals surface area (Å²) in [6, 6.07) is 0. The van der Waals surface area contributed by atoms with Crippen molar-refractivity contribution >= 4 is 17.5 Å². The summed E-state index contributed by atoms with van der Waals surface area (Å²) >= 11 is 1.75. The van der Waals surface area contributed by atoms with Crippen molar-refractivity contribution in [2.24, 2.45) is 7.05 Å². The van der Waals surface area contributed by atoms with Gasteiger partial charge in [-0.25, -0.2) is 4.98 Å². The van der Waals surface area contributed by atoms with Gasteiger partial charge in [0.2, 0.25) is 0 Å². The molecule has 4 heteroatoms. The Morgan fingerprint density at radius 3 is 2.94 bits per heavy atom. The van der Waals surface area contributed by atoms with Gasteiger partial charge in [0, 0.05) is 37.5 Å². The van der Waals surface area contributed by atoms with Gasteiger partial charge in [0.05, 0.1) is 5.75 Å². The van der Waals surface area contributed by atoms with Gasteiger partial charge in [0.15, 0.2) is 0 Å². The topological polar surface area (TPSA) is 34.9 Å². The second-order valence-electron chi connectivity index (χ2n) is 4.02. The van der Waals surface area contributed by atoms with Crippen molar-refractivity contribution in [3.05, 3.63) is 18.2 Å². The molecule has 1 atom stereocenters. The van der Waals surface area contributed by atoms with Crippen LogP contribution in [-0.2, 0) is 18.3 Å². The van der Waals surface area contributed by atoms with Gasteiger partial charge in [-0.05, 0) is 6.42 Å². The Labute approximate surface area is 102 Å². The zero-order valence-corrected chi connectivity index (χ0v) is 11.1. The van der Waals surface area contributed by atoms with Crippen LogP contribution in [0.5, 0.6) is 0 Å². The number of rotatable bonds is 7. The minimum atomic E-state index is 0.327. The lowest BCUT2D eigenvalue weighted by Gasteiger charge is -2.07. The lowest BCUT2D eigenvalue weighted by Crippen LogP contribution is -2.08. The molecule has 0 bridgehead atoms. The molecule has 0 aliphatic heterocycles. The van der Waals surface area contributed by atoms with Crippen molar-refractivity contribution in [3.8, 4) is 0 Å². The highest BCUT2D eigenvalue weighted by atomic mass is 32.2. The van der Waals surface area contributed by atoms with Gasteiger partial charge in [0.1, 0.15) is 11.6 Å². The van der Waals surface area contributed by atoms with Crippen LogP contribution in [0.3, 0.4) is 0 Å². The summed E-state index contributed by atoms with van der Waals surface area (Å²) in [5.74, 6) is 1.95. The molecule has 0 aliphatic rings. The van der Waals surface area contributed by atoms with Crippen LogP contribution in [0.25, 0.3) is 0 Å². The lowest BCUT2D eigenvalue weighted by atomic mass is 10.2. The molecule has 1 unspecified atom stereocenters. The molecule has 1 heterocycles. The van der Waals surface area contributed by atoms with Crippen molar-refractivity contribution < 1.29 is 4.79 Å². The number of imidazole rings is 1. The average molecular weight is 240 g/mol. The van der Waals surface area contributed by atoms with E-state index >= 15 is 0 Å². The van der Waals surface area contributed by atoms with Gasteiger partial charge >= 0.3 is 0 Å². The summed E-state index contributed by atoms with van der Waals surface area (Å²) in [5, 5.41) is 0.581. The third-order valence-corrected chi connectivity index (χ3v) is 4.04. The zero-order valence-electron chi connectivity index (χ0n) is 10.3. The summed E-state index contributed by atoms with van der Waals surface area (Å²) in [5.41, 5.74) is 0. The normalized spacial score (nSPS) is 12.7. The van der Waals surface area contributed by atoms with Gasteiger partial charge < -0.3 is 4.57 Å². The largest absolute Gasteiger partial charge is 0.338 e. The molecule has 1 aromatic heterocycles. The van der Waals surface area contributed by atoms with Crippen LogP contribution in [-0.4, -0.2) is 26.3 Å². The lowest BCUT2D eigenvalue weighted by molar-refractivity contribution is -0.116. The molecule has 0 saturated heterocycles. The van der Waals surface area contributed by atoms with Crippen molar-refractivity contribution in [2.45, 2.75) is 38.4 Å². The Balaban J connectivity index is 2.23. The smallest absolute Gasteiger partial charge is 0.143 e. The molecule has 0 saturated carbocycles. The zero-order chi connectivity index (χ0) is 12.0. The maximum absolute atomic E-state index is 11.6. The fourth-order valence-electron chi connectivity index (χ4n) is 1.31. The number of Topliss-reactive ketones (excluding diaryl/α,β-unsaturated/α-hetero) is 1. The molecule has 3 nitrogen and oxygen atoms in total. The SMILES string of the molecule is CCC(C)SCC(=O)CCc1nccn1C. The third-order valence-electron chi connectivity index (χ3n) is 2.65. The van der Waals surface area contributed by atoms with Crippen LogP contribution in [0, 0.1) is 0 Å². The van der Waals surface area contributed by atoms with Gasteiger partial charge in [-0.1, -0.05) is 13.8 Å². The second kappa shape index (κ2) is 6.74. The molecule has 0 aliphatic carbocycles. The molecule has 90 valence electrons. The number of ketones is 1. The van der Waals surface area contributed by atoms with E-state index in [1.165, 1.54) is 0 Å². The average Bonchev–Trinajstić information content (AvgIpc) is 2.69. The van der Waals surface area contributed by atoms with E-state index in [-0.39, 0.29) is 0 Å². The molecular weight excluding hydrogens is 220 g/mol. The summed E-state index contributed by atoms with van der Waals surface area (Å²) in [6.07, 6.45) is 6.16. The second-order valence-corrected chi connectivity index (χ2v) is 5.45. The fourth-order valence-corrected chi connectivity index (χ4v) is 2.16. The predicted octanol–water partition coefficient (Wildman–Crippen LogP) is 2.45. The Morgan fingerprint density at radius 2 is 2.38 bits per heavy atom. The van der Waals surface area contributed by atoms with Crippen LogP contribution in [0.15, 0.2) is 12.4 Å². The summed E-state index contributed by atoms with van der Waals surface area (Å²) in [6.45, 7) is 4.31. The highest BCUT2D eigenvalue weighted by Crippen LogP contribution is 2.14. The molecule has 16 heavy (non-hydrogen) atoms. The van der Waals surface area contributed by atoms with E-state index in [0.717, 1.165) is 18.7 Å². The van der Waals surface area contributed by atoms with Gasteiger partial charge in [0.25, 0.3) is 0 Å². The first-order chi connectivity index (χ1) is 7.63. The molecule has 1 aromatic rings. The van der Waals surface area contributed by atoms with Crippen LogP contribution >= 0.6 is 11.8 Å². The van der Waals surface area contributed by atoms with E-state index in [9.17, 15) is 4.79 Å². The van der Waals surface area contributed by atoms with Gasteiger partial charge in [-0.2, -0.15) is 11.8 Å². The Bertz CT molecular complexity index is 336. The van der Waals surface area contributed by atoms with Gasteiger partial charge in [-0.15, -0.1) is 0 Å². The molecule has 1 rings (SSSR count). The van der Waals surface area contributed by atoms with Crippen molar-refractivity contribution in [1.29, 1.82) is 0 Å². The first-order valence-electron chi connectivity index (χ1n) is 5.73. The maximum Gasteiger partial charge on any atom is 0.143 e. The minimum Gasteiger partial charge on any atom is -0.338 e. The highest BCUT2D eigenvalue weighted by Gasteiger charge is 2.07. The Kier molecular flexibility index (Phi) is 5.60. The van der Waals surface area contributed by atoms with E-state index in [2.05, 4.69) is 18.8 Å². The standard InChI is InChI=1S/C12H20N2OS/c1-4-10(2)16-9-11(15)5-6-12-13-7-8-14(12)3/h7-8,10H,4-6,9H2,1-3H3. The number of carbonyl (C=O) groups excluding carboxylic acids is 1. The summed E-state index contributed by atoms with van der Waals surface area (Å²) in [7, 11) is 1.96. The van der Waals surface area contributed by atoms with Gasteiger partial charge in [-0.3, -0.25) is 4.79 Å². The molecule has 0 N–H and O–H groups in total. The first kappa shape index (κ1) is 13.3. The van der Waals surface area contributed by atoms with Crippen LogP contribution in [0.1, 0.15) is 32.5 Å². The first-order valence-corrected chi connectivity index (χ1v) is 6.77. The van der Waals surface area contributed by atoms with E-state index in [1.54, 1.807) is 18.0 Å². The summed E-state index contributed by atoms with van der Waals surface area (Å²) in [4.78, 5) is 15.8. The molecular formula is C12H20N2OS. The predicted molar refractivity (Wildman–Crippen MR) is 68.7 cm³/mol. The Morgan fingerprint density at radius 1 is 1.62 bits per heavy atom. The Hall–Kier alpha value is -0.770. The van der Waals surface area contributed by atoms with E-state index in [4.69, 9.17) is 0 Å². The molecule has 0 aromatic carbocycles. The van der Waals surface area contributed by atoms with E-state index in [1.807, 2.05) is 17.8 Å². The summed E-state index contributed by atoms with van der Waals surface area (Å²) < 4.78 is 1.97. The number of nitrogens with zero attached hydrogens (tertiary/aromatic N) is 2. The van der Waals surface area contributed by atoms with Crippen molar-refractivity contribution in [1.82, 2.24) is 9.55 Å². The van der Waals surface area contributed by atoms with Crippen LogP contribution in [0.2, 0.25) is 0 Å². The van der Waals surface area contributed by atoms with Crippen LogP contribution in [0.4, 0.5) is 0 Å². The molecule has 0 spiro atoms. The maximum atomic E-state index is 11.6. The molecule has 0 radical (unpaired) electrons. The minimum absolute atomic E-state index is 0.327. The number of thioether (sulfide) groups is 1. The molecule has 0 amide bonds. The number of carbonyl (C=O) groups is 1. The number of hydrogen-bond acceptors (Lipinski definition) is 3. The highest BCUT2D eigenvalue weighted by molar-refractivity contribution is 8.00. The quantitative estimate of drug-likeness (QED) is 0.734.